The number of carbonyl (C=O) groups is 1. The Morgan fingerprint density at radius 2 is 1.95 bits per heavy atom. The number of nitrogens with one attached hydrogen (secondary N) is 1. The first-order valence-electron chi connectivity index (χ1n) is 7.87. The average Bonchev–Trinajstić information content (AvgIpc) is 2.93. The lowest BCUT2D eigenvalue weighted by atomic mass is 9.76. The van der Waals surface area contributed by atoms with E-state index in [-0.39, 0.29) is 11.8 Å². The number of rotatable bonds is 2. The van der Waals surface area contributed by atoms with Gasteiger partial charge in [-0.25, -0.2) is 0 Å². The van der Waals surface area contributed by atoms with Gasteiger partial charge in [0.25, 0.3) is 0 Å². The summed E-state index contributed by atoms with van der Waals surface area (Å²) in [5.74, 6) is 3.47. The van der Waals surface area contributed by atoms with E-state index in [0.717, 1.165) is 24.2 Å². The topological polar surface area (TPSA) is 29.1 Å². The minimum atomic E-state index is 0.150. The van der Waals surface area contributed by atoms with E-state index in [9.17, 15) is 4.79 Å². The maximum absolute atomic E-state index is 12.7. The van der Waals surface area contributed by atoms with Crippen molar-refractivity contribution in [3.05, 3.63) is 28.2 Å². The fraction of sp³-hybridized carbons (Fsp3) is 0.588. The van der Waals surface area contributed by atoms with Crippen molar-refractivity contribution >= 4 is 34.8 Å². The summed E-state index contributed by atoms with van der Waals surface area (Å²) < 4.78 is 0. The molecule has 0 saturated heterocycles. The van der Waals surface area contributed by atoms with E-state index in [1.807, 2.05) is 0 Å². The Morgan fingerprint density at radius 1 is 1.10 bits per heavy atom. The molecule has 1 aromatic rings. The molecule has 5 atom stereocenters. The summed E-state index contributed by atoms with van der Waals surface area (Å²) in [5, 5.41) is 4.12. The minimum absolute atomic E-state index is 0.150. The Labute approximate surface area is 135 Å². The normalized spacial score (nSPS) is 36.8. The quantitative estimate of drug-likeness (QED) is 0.814. The molecule has 112 valence electrons. The van der Waals surface area contributed by atoms with Crippen LogP contribution in [0, 0.1) is 29.6 Å². The van der Waals surface area contributed by atoms with E-state index < -0.39 is 0 Å². The zero-order valence-corrected chi connectivity index (χ0v) is 13.3. The highest BCUT2D eigenvalue weighted by Crippen LogP contribution is 2.59. The lowest BCUT2D eigenvalue weighted by Crippen LogP contribution is -2.30. The fourth-order valence-electron chi connectivity index (χ4n) is 5.07. The second-order valence-electron chi connectivity index (χ2n) is 6.96. The van der Waals surface area contributed by atoms with Crippen LogP contribution in [0.25, 0.3) is 0 Å². The van der Waals surface area contributed by atoms with E-state index >= 15 is 0 Å². The number of carbonyl (C=O) groups excluding carboxylic acids is 1. The Hall–Kier alpha value is -0.730. The zero-order valence-electron chi connectivity index (χ0n) is 11.8. The third kappa shape index (κ3) is 2.37. The smallest absolute Gasteiger partial charge is 0.227 e. The van der Waals surface area contributed by atoms with Crippen molar-refractivity contribution in [2.45, 2.75) is 32.1 Å². The summed E-state index contributed by atoms with van der Waals surface area (Å²) in [5.41, 5.74) is 0.678. The third-order valence-corrected chi connectivity index (χ3v) is 6.45. The molecule has 2 bridgehead atoms. The minimum Gasteiger partial charge on any atom is -0.325 e. The molecule has 3 aliphatic carbocycles. The van der Waals surface area contributed by atoms with Crippen LogP contribution < -0.4 is 5.32 Å². The predicted molar refractivity (Wildman–Crippen MR) is 85.6 cm³/mol. The summed E-state index contributed by atoms with van der Waals surface area (Å²) in [6, 6.07) is 5.22. The van der Waals surface area contributed by atoms with Crippen molar-refractivity contribution in [3.63, 3.8) is 0 Å². The molecule has 0 unspecified atom stereocenters. The largest absolute Gasteiger partial charge is 0.325 e. The van der Waals surface area contributed by atoms with Crippen molar-refractivity contribution in [2.75, 3.05) is 5.32 Å². The van der Waals surface area contributed by atoms with Gasteiger partial charge < -0.3 is 5.32 Å². The Bertz CT molecular complexity index is 586. The van der Waals surface area contributed by atoms with E-state index in [2.05, 4.69) is 5.32 Å². The molecule has 21 heavy (non-hydrogen) atoms. The van der Waals surface area contributed by atoms with Gasteiger partial charge in [-0.15, -0.1) is 0 Å². The summed E-state index contributed by atoms with van der Waals surface area (Å²) in [4.78, 5) is 12.7. The van der Waals surface area contributed by atoms with Crippen LogP contribution in [0.5, 0.6) is 0 Å². The van der Waals surface area contributed by atoms with Gasteiger partial charge in [0.15, 0.2) is 0 Å². The third-order valence-electron chi connectivity index (χ3n) is 5.90. The molecule has 0 aliphatic heterocycles. The Kier molecular flexibility index (Phi) is 3.42. The van der Waals surface area contributed by atoms with Gasteiger partial charge in [-0.3, -0.25) is 4.79 Å². The maximum atomic E-state index is 12.7. The highest BCUT2D eigenvalue weighted by molar-refractivity contribution is 6.36. The second kappa shape index (κ2) is 5.17. The van der Waals surface area contributed by atoms with Crippen LogP contribution in [-0.2, 0) is 4.79 Å². The van der Waals surface area contributed by atoms with Crippen LogP contribution in [0.2, 0.25) is 10.0 Å². The molecule has 1 aromatic carbocycles. The van der Waals surface area contributed by atoms with Crippen LogP contribution in [0.1, 0.15) is 32.1 Å². The van der Waals surface area contributed by atoms with Crippen molar-refractivity contribution in [1.29, 1.82) is 0 Å². The molecule has 0 spiro atoms. The first kappa shape index (κ1) is 13.9. The number of amides is 1. The van der Waals surface area contributed by atoms with Crippen molar-refractivity contribution in [3.8, 4) is 0 Å². The number of anilines is 1. The molecule has 3 aliphatic rings. The summed E-state index contributed by atoms with van der Waals surface area (Å²) in [6.45, 7) is 0. The van der Waals surface area contributed by atoms with Gasteiger partial charge in [-0.1, -0.05) is 29.6 Å². The van der Waals surface area contributed by atoms with Crippen molar-refractivity contribution in [2.24, 2.45) is 29.6 Å². The summed E-state index contributed by atoms with van der Waals surface area (Å²) >= 11 is 12.1. The van der Waals surface area contributed by atoms with Crippen LogP contribution in [0.3, 0.4) is 0 Å². The van der Waals surface area contributed by atoms with Crippen LogP contribution >= 0.6 is 23.2 Å². The highest BCUT2D eigenvalue weighted by Gasteiger charge is 2.52. The maximum Gasteiger partial charge on any atom is 0.227 e. The highest BCUT2D eigenvalue weighted by atomic mass is 35.5. The predicted octanol–water partition coefficient (Wildman–Crippen LogP) is 5.00. The molecule has 1 amide bonds. The van der Waals surface area contributed by atoms with E-state index in [4.69, 9.17) is 23.2 Å². The van der Waals surface area contributed by atoms with Gasteiger partial charge in [-0.2, -0.15) is 0 Å². The first-order chi connectivity index (χ1) is 10.1. The second-order valence-corrected chi connectivity index (χ2v) is 7.80. The first-order valence-corrected chi connectivity index (χ1v) is 8.63. The van der Waals surface area contributed by atoms with Gasteiger partial charge >= 0.3 is 0 Å². The molecule has 0 radical (unpaired) electrons. The molecule has 1 N–H and O–H groups in total. The van der Waals surface area contributed by atoms with Crippen molar-refractivity contribution < 1.29 is 4.79 Å². The van der Waals surface area contributed by atoms with Crippen LogP contribution in [0.15, 0.2) is 18.2 Å². The number of hydrogen-bond acceptors (Lipinski definition) is 1. The molecule has 4 heteroatoms. The van der Waals surface area contributed by atoms with Crippen molar-refractivity contribution in [1.82, 2.24) is 0 Å². The van der Waals surface area contributed by atoms with E-state index in [0.29, 0.717) is 21.7 Å². The Balaban J connectivity index is 1.50. The SMILES string of the molecule is O=C(Nc1ccc(Cl)cc1Cl)[C@H]1C[C@H]2C[C@@H]3CC[C@@H]1[C@@H]2C3. The molecule has 3 fully saturated rings. The van der Waals surface area contributed by atoms with Gasteiger partial charge in [0, 0.05) is 10.9 Å². The Morgan fingerprint density at radius 3 is 2.76 bits per heavy atom. The molecule has 3 saturated carbocycles. The number of halogens is 2. The van der Waals surface area contributed by atoms with E-state index in [1.54, 1.807) is 18.2 Å². The number of hydrogen-bond donors (Lipinski definition) is 1. The van der Waals surface area contributed by atoms with Crippen LogP contribution in [-0.4, -0.2) is 5.91 Å². The monoisotopic (exact) mass is 323 g/mol. The van der Waals surface area contributed by atoms with Gasteiger partial charge in [0.1, 0.15) is 0 Å². The zero-order chi connectivity index (χ0) is 14.6. The molecule has 0 aromatic heterocycles. The van der Waals surface area contributed by atoms with E-state index in [1.165, 1.54) is 25.7 Å². The molecular weight excluding hydrogens is 305 g/mol. The summed E-state index contributed by atoms with van der Waals surface area (Å²) in [6.07, 6.45) is 6.34. The lowest BCUT2D eigenvalue weighted by Gasteiger charge is -2.29. The average molecular weight is 324 g/mol. The van der Waals surface area contributed by atoms with Gasteiger partial charge in [0.05, 0.1) is 10.7 Å². The van der Waals surface area contributed by atoms with Gasteiger partial charge in [0.2, 0.25) is 5.91 Å². The number of benzene rings is 1. The standard InChI is InChI=1S/C17H19Cl2NO/c18-11-2-4-16(15(19)8-11)20-17(21)14-7-10-5-9-1-3-12(14)13(10)6-9/h2,4,8-10,12-14H,1,3,5-7H2,(H,20,21)/t9-,10+,12+,13+,14-/m0/s1. The lowest BCUT2D eigenvalue weighted by molar-refractivity contribution is -0.121. The molecule has 2 nitrogen and oxygen atoms in total. The molecule has 4 rings (SSSR count). The molecule has 0 heterocycles. The summed E-state index contributed by atoms with van der Waals surface area (Å²) in [7, 11) is 0. The fourth-order valence-corrected chi connectivity index (χ4v) is 5.52. The van der Waals surface area contributed by atoms with Crippen LogP contribution in [0.4, 0.5) is 5.69 Å². The van der Waals surface area contributed by atoms with Gasteiger partial charge in [-0.05, 0) is 67.6 Å². The number of fused-ring (bicyclic) bond motifs is 1. The molecular formula is C17H19Cl2NO.